The quantitative estimate of drug-likeness (QED) is 0.852. The lowest BCUT2D eigenvalue weighted by Gasteiger charge is -2.08. The Morgan fingerprint density at radius 3 is 2.88 bits per heavy atom. The van der Waals surface area contributed by atoms with Crippen LogP contribution in [0.1, 0.15) is 43.3 Å². The predicted octanol–water partition coefficient (Wildman–Crippen LogP) is 2.91. The topological polar surface area (TPSA) is 41.6 Å². The van der Waals surface area contributed by atoms with E-state index in [9.17, 15) is 0 Å². The smallest absolute Gasteiger partial charge is 0.0925 e. The van der Waals surface area contributed by atoms with E-state index in [2.05, 4.69) is 28.8 Å². The van der Waals surface area contributed by atoms with Crippen molar-refractivity contribution in [2.24, 2.45) is 0 Å². The van der Waals surface area contributed by atoms with Gasteiger partial charge in [-0.15, -0.1) is 0 Å². The number of imidazole rings is 1. The number of aromatic nitrogens is 3. The second kappa shape index (κ2) is 4.92. The van der Waals surface area contributed by atoms with Crippen molar-refractivity contribution < 1.29 is 0 Å². The van der Waals surface area contributed by atoms with Gasteiger partial charge in [-0.1, -0.05) is 19.9 Å². The zero-order valence-electron chi connectivity index (χ0n) is 9.77. The van der Waals surface area contributed by atoms with Gasteiger partial charge in [0.2, 0.25) is 0 Å². The molecule has 0 radical (unpaired) electrons. The van der Waals surface area contributed by atoms with Gasteiger partial charge >= 0.3 is 0 Å². The second-order valence-electron chi connectivity index (χ2n) is 4.07. The molecular weight excluding hydrogens is 198 g/mol. The van der Waals surface area contributed by atoms with Crippen molar-refractivity contribution in [3.63, 3.8) is 0 Å². The number of H-pyrrole nitrogens is 1. The normalized spacial score (nSPS) is 12.6. The summed E-state index contributed by atoms with van der Waals surface area (Å²) in [5, 5.41) is 0. The molecule has 1 unspecified atom stereocenters. The molecule has 3 nitrogen and oxygen atoms in total. The second-order valence-corrected chi connectivity index (χ2v) is 4.07. The summed E-state index contributed by atoms with van der Waals surface area (Å²) in [5.41, 5.74) is 3.44. The Hall–Kier alpha value is -1.64. The van der Waals surface area contributed by atoms with Crippen molar-refractivity contribution in [1.82, 2.24) is 15.0 Å². The lowest BCUT2D eigenvalue weighted by molar-refractivity contribution is 0.703. The zero-order chi connectivity index (χ0) is 11.4. The van der Waals surface area contributed by atoms with Crippen LogP contribution in [0.15, 0.2) is 30.7 Å². The number of pyridine rings is 1. The van der Waals surface area contributed by atoms with E-state index in [4.69, 9.17) is 0 Å². The molecule has 0 amide bonds. The van der Waals surface area contributed by atoms with Gasteiger partial charge in [-0.25, -0.2) is 4.98 Å². The molecule has 0 saturated heterocycles. The van der Waals surface area contributed by atoms with E-state index < -0.39 is 0 Å². The molecule has 2 rings (SSSR count). The van der Waals surface area contributed by atoms with Crippen LogP contribution in [0, 0.1) is 0 Å². The highest BCUT2D eigenvalue weighted by atomic mass is 14.9. The number of hydrogen-bond acceptors (Lipinski definition) is 2. The zero-order valence-corrected chi connectivity index (χ0v) is 9.77. The van der Waals surface area contributed by atoms with Crippen LogP contribution < -0.4 is 0 Å². The number of aromatic amines is 1. The summed E-state index contributed by atoms with van der Waals surface area (Å²) in [5.74, 6) is 0.505. The molecule has 0 aromatic carbocycles. The molecule has 0 aliphatic rings. The molecule has 0 bridgehead atoms. The SMILES string of the molecule is CCC(C)c1nc[nH]c1Cc1ccccn1. The first-order valence-corrected chi connectivity index (χ1v) is 5.73. The molecule has 1 atom stereocenters. The third kappa shape index (κ3) is 2.30. The average Bonchev–Trinajstić information content (AvgIpc) is 2.77. The van der Waals surface area contributed by atoms with E-state index >= 15 is 0 Å². The molecule has 0 aliphatic carbocycles. The van der Waals surface area contributed by atoms with Crippen molar-refractivity contribution in [2.45, 2.75) is 32.6 Å². The molecule has 0 saturated carbocycles. The van der Waals surface area contributed by atoms with E-state index in [-0.39, 0.29) is 0 Å². The summed E-state index contributed by atoms with van der Waals surface area (Å²) in [4.78, 5) is 12.0. The average molecular weight is 215 g/mol. The fourth-order valence-corrected chi connectivity index (χ4v) is 1.78. The molecule has 0 spiro atoms. The highest BCUT2D eigenvalue weighted by Crippen LogP contribution is 2.20. The summed E-state index contributed by atoms with van der Waals surface area (Å²) in [6.45, 7) is 4.39. The van der Waals surface area contributed by atoms with Gasteiger partial charge in [0, 0.05) is 24.0 Å². The Bertz CT molecular complexity index is 433. The van der Waals surface area contributed by atoms with E-state index in [0.29, 0.717) is 5.92 Å². The maximum Gasteiger partial charge on any atom is 0.0925 e. The van der Waals surface area contributed by atoms with Crippen molar-refractivity contribution in [2.75, 3.05) is 0 Å². The molecule has 0 aliphatic heterocycles. The minimum absolute atomic E-state index is 0.505. The molecule has 3 heteroatoms. The third-order valence-electron chi connectivity index (χ3n) is 2.91. The van der Waals surface area contributed by atoms with E-state index in [0.717, 1.165) is 18.5 Å². The highest BCUT2D eigenvalue weighted by Gasteiger charge is 2.12. The van der Waals surface area contributed by atoms with Crippen LogP contribution in [0.4, 0.5) is 0 Å². The molecule has 1 N–H and O–H groups in total. The number of nitrogens with one attached hydrogen (secondary N) is 1. The Morgan fingerprint density at radius 2 is 2.19 bits per heavy atom. The fraction of sp³-hybridized carbons (Fsp3) is 0.385. The summed E-state index contributed by atoms with van der Waals surface area (Å²) in [7, 11) is 0. The van der Waals surface area contributed by atoms with Crippen LogP contribution >= 0.6 is 0 Å². The molecule has 2 aromatic rings. The lowest BCUT2D eigenvalue weighted by atomic mass is 10.0. The van der Waals surface area contributed by atoms with Crippen LogP contribution in [0.5, 0.6) is 0 Å². The molecule has 2 heterocycles. The van der Waals surface area contributed by atoms with Gasteiger partial charge in [0.05, 0.1) is 12.0 Å². The van der Waals surface area contributed by atoms with E-state index in [1.807, 2.05) is 24.4 Å². The first kappa shape index (κ1) is 10.9. The summed E-state index contributed by atoms with van der Waals surface area (Å²) in [6.07, 6.45) is 5.55. The van der Waals surface area contributed by atoms with Gasteiger partial charge in [0.1, 0.15) is 0 Å². The van der Waals surface area contributed by atoms with Gasteiger partial charge in [0.15, 0.2) is 0 Å². The molecular formula is C13H17N3. The van der Waals surface area contributed by atoms with Gasteiger partial charge in [-0.3, -0.25) is 4.98 Å². The van der Waals surface area contributed by atoms with Crippen molar-refractivity contribution in [1.29, 1.82) is 0 Å². The largest absolute Gasteiger partial charge is 0.348 e. The van der Waals surface area contributed by atoms with Crippen LogP contribution in [0.2, 0.25) is 0 Å². The van der Waals surface area contributed by atoms with Gasteiger partial charge in [0.25, 0.3) is 0 Å². The van der Waals surface area contributed by atoms with Gasteiger partial charge in [-0.2, -0.15) is 0 Å². The summed E-state index contributed by atoms with van der Waals surface area (Å²) >= 11 is 0. The monoisotopic (exact) mass is 215 g/mol. The van der Waals surface area contributed by atoms with Gasteiger partial charge in [-0.05, 0) is 24.5 Å². The van der Waals surface area contributed by atoms with Crippen molar-refractivity contribution in [3.05, 3.63) is 47.8 Å². The maximum absolute atomic E-state index is 4.40. The number of rotatable bonds is 4. The van der Waals surface area contributed by atoms with Crippen molar-refractivity contribution >= 4 is 0 Å². The highest BCUT2D eigenvalue weighted by molar-refractivity contribution is 5.21. The molecule has 84 valence electrons. The summed E-state index contributed by atoms with van der Waals surface area (Å²) in [6, 6.07) is 5.99. The van der Waals surface area contributed by atoms with E-state index in [1.54, 1.807) is 6.33 Å². The van der Waals surface area contributed by atoms with Crippen LogP contribution in [-0.2, 0) is 6.42 Å². The standard InChI is InChI=1S/C13H17N3/c1-3-10(2)13-12(15-9-16-13)8-11-6-4-5-7-14-11/h4-7,9-10H,3,8H2,1-2H3,(H,15,16). The first-order valence-electron chi connectivity index (χ1n) is 5.73. The fourth-order valence-electron chi connectivity index (χ4n) is 1.78. The van der Waals surface area contributed by atoms with Crippen LogP contribution in [-0.4, -0.2) is 15.0 Å². The van der Waals surface area contributed by atoms with Crippen LogP contribution in [0.25, 0.3) is 0 Å². The Labute approximate surface area is 96.0 Å². The summed E-state index contributed by atoms with van der Waals surface area (Å²) < 4.78 is 0. The molecule has 16 heavy (non-hydrogen) atoms. The van der Waals surface area contributed by atoms with Gasteiger partial charge < -0.3 is 4.98 Å². The molecule has 0 fully saturated rings. The lowest BCUT2D eigenvalue weighted by Crippen LogP contribution is -2.00. The van der Waals surface area contributed by atoms with E-state index in [1.165, 1.54) is 11.4 Å². The minimum Gasteiger partial charge on any atom is -0.348 e. The Morgan fingerprint density at radius 1 is 1.31 bits per heavy atom. The predicted molar refractivity (Wildman–Crippen MR) is 64.3 cm³/mol. The number of nitrogens with zero attached hydrogens (tertiary/aromatic N) is 2. The Kier molecular flexibility index (Phi) is 3.34. The third-order valence-corrected chi connectivity index (χ3v) is 2.91. The Balaban J connectivity index is 2.19. The maximum atomic E-state index is 4.40. The van der Waals surface area contributed by atoms with Crippen molar-refractivity contribution in [3.8, 4) is 0 Å². The molecule has 2 aromatic heterocycles. The first-order chi connectivity index (χ1) is 7.81. The minimum atomic E-state index is 0.505. The number of hydrogen-bond donors (Lipinski definition) is 1. The van der Waals surface area contributed by atoms with Crippen LogP contribution in [0.3, 0.4) is 0 Å².